The number of hydrogen-bond donors (Lipinski definition) is 2. The first kappa shape index (κ1) is 44.7. The highest BCUT2D eigenvalue weighted by Gasteiger charge is 2.35. The van der Waals surface area contributed by atoms with Gasteiger partial charge in [-0.25, -0.2) is 9.97 Å². The number of halogens is 2. The van der Waals surface area contributed by atoms with Crippen LogP contribution in [0.3, 0.4) is 0 Å². The fourth-order valence-corrected chi connectivity index (χ4v) is 6.67. The molecule has 53 heavy (non-hydrogen) atoms. The molecule has 2 aliphatic rings. The summed E-state index contributed by atoms with van der Waals surface area (Å²) in [4.78, 5) is 44.1. The lowest BCUT2D eigenvalue weighted by Crippen LogP contribution is -2.52. The van der Waals surface area contributed by atoms with E-state index < -0.39 is 12.0 Å². The summed E-state index contributed by atoms with van der Waals surface area (Å²) in [6.07, 6.45) is 1.61. The summed E-state index contributed by atoms with van der Waals surface area (Å²) in [6.45, 7) is 13.8. The molecule has 4 rings (SSSR count). The third-order valence-corrected chi connectivity index (χ3v) is 9.89. The number of aliphatic hydroxyl groups excluding tert-OH is 1. The van der Waals surface area contributed by atoms with Crippen molar-refractivity contribution in [1.29, 1.82) is 0 Å². The van der Waals surface area contributed by atoms with E-state index in [4.69, 9.17) is 36.3 Å². The molecule has 16 heteroatoms. The van der Waals surface area contributed by atoms with E-state index in [1.165, 1.54) is 6.33 Å². The molecular formula is C37H59Cl2N7O7. The standard InChI is InChI=1S/C37H58ClN7O7.ClH/c1-27(2)45(11-10-42(4)33(47)25-52-22-21-51-20-19-50-18-17-49-16-9-39)24-31(29-5-7-30(38)8-6-29)37(48)44-14-12-43(13-15-44)36-34-28(3)23-32(46)35(34)40-26-41-36;/h5-8,26-28,31-32,46H,9-25,39H2,1-4H3;1H/t28-,31?,32-;/m1./s1. The van der Waals surface area contributed by atoms with Gasteiger partial charge in [0.2, 0.25) is 11.8 Å². The first-order valence-electron chi connectivity index (χ1n) is 18.4. The normalized spacial score (nSPS) is 17.6. The van der Waals surface area contributed by atoms with Crippen LogP contribution in [0.25, 0.3) is 0 Å². The molecule has 0 radical (unpaired) electrons. The number of rotatable bonds is 22. The highest BCUT2D eigenvalue weighted by molar-refractivity contribution is 6.30. The number of carbonyl (C=O) groups excluding carboxylic acids is 2. The Hall–Kier alpha value is -2.66. The third kappa shape index (κ3) is 13.5. The van der Waals surface area contributed by atoms with Crippen molar-refractivity contribution >= 4 is 41.6 Å². The Labute approximate surface area is 325 Å². The van der Waals surface area contributed by atoms with Crippen LogP contribution in [-0.2, 0) is 28.5 Å². The first-order chi connectivity index (χ1) is 25.1. The zero-order chi connectivity index (χ0) is 37.5. The Bertz CT molecular complexity index is 1390. The quantitative estimate of drug-likeness (QED) is 0.169. The largest absolute Gasteiger partial charge is 0.387 e. The molecule has 1 aromatic carbocycles. The molecule has 2 amide bonds. The van der Waals surface area contributed by atoms with E-state index in [1.54, 1.807) is 11.9 Å². The Morgan fingerprint density at radius 3 is 2.15 bits per heavy atom. The Balaban J connectivity index is 0.00000756. The zero-order valence-electron chi connectivity index (χ0n) is 31.7. The second-order valence-corrected chi connectivity index (χ2v) is 14.1. The number of fused-ring (bicyclic) bond motifs is 1. The average molecular weight is 785 g/mol. The average Bonchev–Trinajstić information content (AvgIpc) is 3.44. The van der Waals surface area contributed by atoms with Gasteiger partial charge in [-0.05, 0) is 43.9 Å². The van der Waals surface area contributed by atoms with E-state index in [-0.39, 0.29) is 42.8 Å². The third-order valence-electron chi connectivity index (χ3n) is 9.64. The molecule has 1 aliphatic carbocycles. The fourth-order valence-electron chi connectivity index (χ4n) is 6.55. The lowest BCUT2D eigenvalue weighted by Gasteiger charge is -2.39. The summed E-state index contributed by atoms with van der Waals surface area (Å²) in [5.74, 6) is 0.566. The molecular weight excluding hydrogens is 725 g/mol. The van der Waals surface area contributed by atoms with E-state index in [0.717, 1.165) is 22.6 Å². The van der Waals surface area contributed by atoms with Gasteiger partial charge in [0.25, 0.3) is 0 Å². The Kier molecular flexibility index (Phi) is 19.7. The topological polar surface area (TPSA) is 156 Å². The maximum absolute atomic E-state index is 14.3. The number of anilines is 1. The number of nitrogens with two attached hydrogens (primary N) is 1. The Morgan fingerprint density at radius 1 is 0.943 bits per heavy atom. The van der Waals surface area contributed by atoms with E-state index >= 15 is 0 Å². The molecule has 1 fully saturated rings. The number of piperazine rings is 1. The van der Waals surface area contributed by atoms with Gasteiger partial charge in [-0.1, -0.05) is 30.7 Å². The molecule has 3 atom stereocenters. The summed E-state index contributed by atoms with van der Waals surface area (Å²) in [5, 5.41) is 11.1. The lowest BCUT2D eigenvalue weighted by molar-refractivity contribution is -0.136. The Morgan fingerprint density at radius 2 is 1.55 bits per heavy atom. The second-order valence-electron chi connectivity index (χ2n) is 13.6. The number of hydrogen-bond acceptors (Lipinski definition) is 12. The number of nitrogens with zero attached hydrogens (tertiary/aromatic N) is 6. The molecule has 1 unspecified atom stereocenters. The number of aromatic nitrogens is 2. The molecule has 0 spiro atoms. The van der Waals surface area contributed by atoms with Gasteiger partial charge in [0.1, 0.15) is 18.8 Å². The minimum absolute atomic E-state index is 0. The van der Waals surface area contributed by atoms with E-state index in [2.05, 4.69) is 40.5 Å². The minimum Gasteiger partial charge on any atom is -0.387 e. The number of benzene rings is 1. The predicted octanol–water partition coefficient (Wildman–Crippen LogP) is 2.72. The first-order valence-corrected chi connectivity index (χ1v) is 18.8. The van der Waals surface area contributed by atoms with Crippen molar-refractivity contribution in [3.63, 3.8) is 0 Å². The number of carbonyl (C=O) groups is 2. The predicted molar refractivity (Wildman–Crippen MR) is 207 cm³/mol. The van der Waals surface area contributed by atoms with Crippen LogP contribution in [0.4, 0.5) is 5.82 Å². The van der Waals surface area contributed by atoms with E-state index in [0.29, 0.717) is 110 Å². The van der Waals surface area contributed by atoms with Crippen molar-refractivity contribution in [2.24, 2.45) is 5.73 Å². The van der Waals surface area contributed by atoms with Crippen LogP contribution < -0.4 is 10.6 Å². The lowest BCUT2D eigenvalue weighted by atomic mass is 9.95. The van der Waals surface area contributed by atoms with Crippen LogP contribution in [-0.4, -0.2) is 160 Å². The number of aliphatic hydroxyl groups is 1. The van der Waals surface area contributed by atoms with Gasteiger partial charge in [-0.15, -0.1) is 12.4 Å². The number of ether oxygens (including phenoxy) is 4. The van der Waals surface area contributed by atoms with Gasteiger partial charge in [0.15, 0.2) is 0 Å². The summed E-state index contributed by atoms with van der Waals surface area (Å²) in [7, 11) is 1.77. The molecule has 0 bridgehead atoms. The van der Waals surface area contributed by atoms with Crippen molar-refractivity contribution in [1.82, 2.24) is 24.7 Å². The van der Waals surface area contributed by atoms with Gasteiger partial charge < -0.3 is 44.5 Å². The van der Waals surface area contributed by atoms with E-state index in [9.17, 15) is 14.7 Å². The molecule has 1 saturated heterocycles. The van der Waals surface area contributed by atoms with Crippen molar-refractivity contribution in [2.75, 3.05) is 117 Å². The summed E-state index contributed by atoms with van der Waals surface area (Å²) in [6, 6.07) is 7.65. The monoisotopic (exact) mass is 783 g/mol. The molecule has 2 heterocycles. The minimum atomic E-state index is -0.565. The van der Waals surface area contributed by atoms with Gasteiger partial charge in [-0.3, -0.25) is 14.5 Å². The van der Waals surface area contributed by atoms with Crippen LogP contribution >= 0.6 is 24.0 Å². The second kappa shape index (κ2) is 23.3. The summed E-state index contributed by atoms with van der Waals surface area (Å²) in [5.41, 5.74) is 8.02. The van der Waals surface area contributed by atoms with E-state index in [1.807, 2.05) is 29.2 Å². The van der Waals surface area contributed by atoms with Crippen LogP contribution in [0.5, 0.6) is 0 Å². The maximum Gasteiger partial charge on any atom is 0.248 e. The van der Waals surface area contributed by atoms with Gasteiger partial charge in [0, 0.05) is 76.0 Å². The van der Waals surface area contributed by atoms with Gasteiger partial charge in [-0.2, -0.15) is 0 Å². The molecule has 3 N–H and O–H groups in total. The number of amides is 2. The van der Waals surface area contributed by atoms with Gasteiger partial charge >= 0.3 is 0 Å². The van der Waals surface area contributed by atoms with Crippen molar-refractivity contribution < 1.29 is 33.6 Å². The highest BCUT2D eigenvalue weighted by atomic mass is 35.5. The van der Waals surface area contributed by atoms with Crippen molar-refractivity contribution in [2.45, 2.75) is 51.2 Å². The molecule has 1 aliphatic heterocycles. The van der Waals surface area contributed by atoms with Crippen LogP contribution in [0.15, 0.2) is 30.6 Å². The smallest absolute Gasteiger partial charge is 0.248 e. The number of likely N-dealkylation sites (N-methyl/N-ethyl adjacent to an activating group) is 1. The summed E-state index contributed by atoms with van der Waals surface area (Å²) < 4.78 is 21.7. The van der Waals surface area contributed by atoms with Gasteiger partial charge in [0.05, 0.1) is 64.0 Å². The molecule has 0 saturated carbocycles. The fraction of sp³-hybridized carbons (Fsp3) is 0.676. The van der Waals surface area contributed by atoms with Crippen LogP contribution in [0.1, 0.15) is 62.0 Å². The summed E-state index contributed by atoms with van der Waals surface area (Å²) >= 11 is 6.24. The SMILES string of the molecule is CC(C)N(CCN(C)C(=O)COCCOCCOCCOCCN)CC(C(=O)N1CCN(c2ncnc3c2[C@H](C)C[C@H]3O)CC1)c1ccc(Cl)cc1.Cl. The molecule has 1 aromatic heterocycles. The van der Waals surface area contributed by atoms with Crippen LogP contribution in [0, 0.1) is 0 Å². The zero-order valence-corrected chi connectivity index (χ0v) is 33.2. The molecule has 298 valence electrons. The van der Waals surface area contributed by atoms with Crippen molar-refractivity contribution in [3.05, 3.63) is 52.4 Å². The maximum atomic E-state index is 14.3. The van der Waals surface area contributed by atoms with Crippen molar-refractivity contribution in [3.8, 4) is 0 Å². The highest BCUT2D eigenvalue weighted by Crippen LogP contribution is 2.42. The van der Waals surface area contributed by atoms with Crippen LogP contribution in [0.2, 0.25) is 5.02 Å². The molecule has 2 aromatic rings. The molecule has 14 nitrogen and oxygen atoms in total.